The van der Waals surface area contributed by atoms with Gasteiger partial charge in [-0.2, -0.15) is 0 Å². The maximum absolute atomic E-state index is 12.6. The van der Waals surface area contributed by atoms with E-state index in [0.29, 0.717) is 26.1 Å². The van der Waals surface area contributed by atoms with E-state index in [1.165, 1.54) is 0 Å². The van der Waals surface area contributed by atoms with Gasteiger partial charge in [-0.3, -0.25) is 4.79 Å². The highest BCUT2D eigenvalue weighted by atomic mass is 16.2. The maximum Gasteiger partial charge on any atom is 0.317 e. The summed E-state index contributed by atoms with van der Waals surface area (Å²) < 4.78 is 0. The maximum atomic E-state index is 12.6. The number of nitrogens with one attached hydrogen (secondary N) is 1. The van der Waals surface area contributed by atoms with Gasteiger partial charge in [0.25, 0.3) is 0 Å². The molecule has 0 radical (unpaired) electrons. The van der Waals surface area contributed by atoms with Crippen LogP contribution in [0, 0.1) is 6.92 Å². The highest BCUT2D eigenvalue weighted by Crippen LogP contribution is 2.22. The third-order valence-corrected chi connectivity index (χ3v) is 5.34. The molecule has 2 fully saturated rings. The fourth-order valence-electron chi connectivity index (χ4n) is 3.72. The van der Waals surface area contributed by atoms with Gasteiger partial charge in [-0.1, -0.05) is 23.8 Å². The Hall–Kier alpha value is -3.09. The van der Waals surface area contributed by atoms with Crippen LogP contribution in [0.1, 0.15) is 12.0 Å². The molecule has 146 valence electrons. The first-order valence-corrected chi connectivity index (χ1v) is 9.68. The number of carbonyl (C=O) groups is 2. The first kappa shape index (κ1) is 18.3. The molecular formula is C21H25N5O2. The monoisotopic (exact) mass is 379 g/mol. The summed E-state index contributed by atoms with van der Waals surface area (Å²) in [6.07, 6.45) is 2.12. The molecule has 7 nitrogen and oxygen atoms in total. The number of hydrogen-bond acceptors (Lipinski definition) is 4. The van der Waals surface area contributed by atoms with Crippen LogP contribution in [0.3, 0.4) is 0 Å². The molecule has 2 saturated heterocycles. The smallest absolute Gasteiger partial charge is 0.317 e. The number of hydrogen-bond donors (Lipinski definition) is 1. The van der Waals surface area contributed by atoms with E-state index in [4.69, 9.17) is 0 Å². The van der Waals surface area contributed by atoms with E-state index in [2.05, 4.69) is 15.2 Å². The Kier molecular flexibility index (Phi) is 5.14. The lowest BCUT2D eigenvalue weighted by Crippen LogP contribution is -2.54. The molecule has 7 heteroatoms. The van der Waals surface area contributed by atoms with Crippen LogP contribution in [0.25, 0.3) is 0 Å². The summed E-state index contributed by atoms with van der Waals surface area (Å²) in [6.45, 7) is 5.33. The Bertz CT molecular complexity index is 832. The van der Waals surface area contributed by atoms with E-state index < -0.39 is 0 Å². The fraction of sp³-hybridized carbons (Fsp3) is 0.381. The summed E-state index contributed by atoms with van der Waals surface area (Å²) in [5.74, 6) is 0.992. The number of carbonyl (C=O) groups excluding carboxylic acids is 2. The highest BCUT2D eigenvalue weighted by molar-refractivity contribution is 5.96. The van der Waals surface area contributed by atoms with Crippen LogP contribution in [0.2, 0.25) is 0 Å². The summed E-state index contributed by atoms with van der Waals surface area (Å²) in [5, 5.41) is 3.04. The molecule has 1 atom stereocenters. The zero-order valence-electron chi connectivity index (χ0n) is 16.0. The van der Waals surface area contributed by atoms with Crippen molar-refractivity contribution in [3.63, 3.8) is 0 Å². The zero-order chi connectivity index (χ0) is 19.5. The molecule has 1 N–H and O–H groups in total. The summed E-state index contributed by atoms with van der Waals surface area (Å²) in [4.78, 5) is 35.1. The molecule has 1 aromatic carbocycles. The predicted octanol–water partition coefficient (Wildman–Crippen LogP) is 2.03. The second-order valence-corrected chi connectivity index (χ2v) is 7.35. The van der Waals surface area contributed by atoms with E-state index in [-0.39, 0.29) is 18.0 Å². The molecule has 0 unspecified atom stereocenters. The summed E-state index contributed by atoms with van der Waals surface area (Å²) in [5.41, 5.74) is 2.04. The molecule has 2 aromatic rings. The van der Waals surface area contributed by atoms with Gasteiger partial charge in [-0.15, -0.1) is 0 Å². The van der Waals surface area contributed by atoms with Crippen molar-refractivity contribution in [2.45, 2.75) is 19.4 Å². The topological polar surface area (TPSA) is 68.8 Å². The number of amides is 3. The molecule has 3 amide bonds. The third kappa shape index (κ3) is 3.93. The predicted molar refractivity (Wildman–Crippen MR) is 108 cm³/mol. The fourth-order valence-corrected chi connectivity index (χ4v) is 3.72. The summed E-state index contributed by atoms with van der Waals surface area (Å²) in [7, 11) is 0. The van der Waals surface area contributed by atoms with Gasteiger partial charge < -0.3 is 20.0 Å². The van der Waals surface area contributed by atoms with E-state index in [9.17, 15) is 9.59 Å². The number of rotatable bonds is 3. The van der Waals surface area contributed by atoms with Crippen molar-refractivity contribution in [2.75, 3.05) is 42.5 Å². The van der Waals surface area contributed by atoms with Crippen LogP contribution in [0.4, 0.5) is 16.3 Å². The normalized spacial score (nSPS) is 19.8. The van der Waals surface area contributed by atoms with Crippen LogP contribution < -0.4 is 15.1 Å². The average molecular weight is 379 g/mol. The molecule has 1 aromatic heterocycles. The van der Waals surface area contributed by atoms with Crippen molar-refractivity contribution < 1.29 is 9.59 Å². The number of benzene rings is 1. The number of urea groups is 1. The zero-order valence-corrected chi connectivity index (χ0v) is 16.0. The summed E-state index contributed by atoms with van der Waals surface area (Å²) >= 11 is 0. The third-order valence-electron chi connectivity index (χ3n) is 5.34. The SMILES string of the molecule is Cc1ccc(N2C[C@H](NC(=O)N3CCN(c4ccccn4)CC3)CC2=O)cc1. The molecule has 2 aliphatic heterocycles. The quantitative estimate of drug-likeness (QED) is 0.886. The summed E-state index contributed by atoms with van der Waals surface area (Å²) in [6, 6.07) is 13.5. The van der Waals surface area contributed by atoms with E-state index >= 15 is 0 Å². The van der Waals surface area contributed by atoms with Crippen LogP contribution >= 0.6 is 0 Å². The van der Waals surface area contributed by atoms with Gasteiger partial charge >= 0.3 is 6.03 Å². The van der Waals surface area contributed by atoms with Crippen molar-refractivity contribution >= 4 is 23.4 Å². The van der Waals surface area contributed by atoms with Crippen molar-refractivity contribution in [2.24, 2.45) is 0 Å². The van der Waals surface area contributed by atoms with Gasteiger partial charge in [0.2, 0.25) is 5.91 Å². The molecular weight excluding hydrogens is 354 g/mol. The first-order chi connectivity index (χ1) is 13.6. The van der Waals surface area contributed by atoms with Gasteiger partial charge in [-0.05, 0) is 31.2 Å². The number of pyridine rings is 1. The average Bonchev–Trinajstić information content (AvgIpc) is 3.09. The Balaban J connectivity index is 1.30. The van der Waals surface area contributed by atoms with Crippen LogP contribution in [-0.4, -0.2) is 60.6 Å². The number of nitrogens with zero attached hydrogens (tertiary/aromatic N) is 4. The van der Waals surface area contributed by atoms with Gasteiger partial charge in [0, 0.05) is 51.0 Å². The molecule has 28 heavy (non-hydrogen) atoms. The van der Waals surface area contributed by atoms with Crippen molar-refractivity contribution in [1.82, 2.24) is 15.2 Å². The van der Waals surface area contributed by atoms with Gasteiger partial charge in [0.05, 0.1) is 6.04 Å². The van der Waals surface area contributed by atoms with Crippen molar-refractivity contribution in [3.8, 4) is 0 Å². The minimum absolute atomic E-state index is 0.0501. The minimum atomic E-state index is -0.157. The lowest BCUT2D eigenvalue weighted by molar-refractivity contribution is -0.117. The Morgan fingerprint density at radius 3 is 2.50 bits per heavy atom. The van der Waals surface area contributed by atoms with Gasteiger partial charge in [0.1, 0.15) is 5.82 Å². The molecule has 4 rings (SSSR count). The Labute approximate surface area is 164 Å². The molecule has 2 aliphatic rings. The van der Waals surface area contributed by atoms with Crippen molar-refractivity contribution in [1.29, 1.82) is 0 Å². The lowest BCUT2D eigenvalue weighted by Gasteiger charge is -2.35. The van der Waals surface area contributed by atoms with E-state index in [1.807, 2.05) is 54.3 Å². The largest absolute Gasteiger partial charge is 0.353 e. The van der Waals surface area contributed by atoms with Gasteiger partial charge in [-0.25, -0.2) is 9.78 Å². The lowest BCUT2D eigenvalue weighted by atomic mass is 10.2. The standard InChI is InChI=1S/C21H25N5O2/c1-16-5-7-18(8-6-16)26-15-17(14-20(26)27)23-21(28)25-12-10-24(11-13-25)19-4-2-3-9-22-19/h2-9,17H,10-15H2,1H3,(H,23,28)/t17-/m1/s1. The van der Waals surface area contributed by atoms with Crippen LogP contribution in [0.5, 0.6) is 0 Å². The van der Waals surface area contributed by atoms with Crippen LogP contribution in [-0.2, 0) is 4.79 Å². The van der Waals surface area contributed by atoms with Crippen LogP contribution in [0.15, 0.2) is 48.7 Å². The molecule has 0 saturated carbocycles. The first-order valence-electron chi connectivity index (χ1n) is 9.68. The number of aromatic nitrogens is 1. The highest BCUT2D eigenvalue weighted by Gasteiger charge is 2.33. The van der Waals surface area contributed by atoms with Gasteiger partial charge in [0.15, 0.2) is 0 Å². The molecule has 0 bridgehead atoms. The Morgan fingerprint density at radius 2 is 1.82 bits per heavy atom. The Morgan fingerprint density at radius 1 is 1.07 bits per heavy atom. The number of piperazine rings is 1. The molecule has 3 heterocycles. The minimum Gasteiger partial charge on any atom is -0.353 e. The number of aryl methyl sites for hydroxylation is 1. The van der Waals surface area contributed by atoms with E-state index in [0.717, 1.165) is 30.2 Å². The van der Waals surface area contributed by atoms with E-state index in [1.54, 1.807) is 11.1 Å². The number of anilines is 2. The second kappa shape index (κ2) is 7.88. The molecule has 0 aliphatic carbocycles. The molecule has 0 spiro atoms. The van der Waals surface area contributed by atoms with Crippen molar-refractivity contribution in [3.05, 3.63) is 54.2 Å². The second-order valence-electron chi connectivity index (χ2n) is 7.35.